The van der Waals surface area contributed by atoms with E-state index in [0.29, 0.717) is 5.75 Å². The molecule has 0 bridgehead atoms. The molecular weight excluding hydrogens is 267 g/mol. The SMILES string of the molecule is NC(CCl)=Nc1c(F)cccc1OC1CCCCC1. The van der Waals surface area contributed by atoms with Crippen LogP contribution in [0, 0.1) is 5.82 Å². The standard InChI is InChI=1S/C14H18ClFN2O/c15-9-13(17)18-14-11(16)7-4-8-12(14)19-10-5-2-1-3-6-10/h4,7-8,10H,1-3,5-6,9H2,(H2,17,18). The molecule has 5 heteroatoms. The normalized spacial score (nSPS) is 17.5. The second kappa shape index (κ2) is 6.75. The van der Waals surface area contributed by atoms with Gasteiger partial charge < -0.3 is 10.5 Å². The van der Waals surface area contributed by atoms with E-state index in [9.17, 15) is 4.39 Å². The highest BCUT2D eigenvalue weighted by atomic mass is 35.5. The molecule has 1 aromatic carbocycles. The molecule has 1 aliphatic carbocycles. The Balaban J connectivity index is 2.21. The highest BCUT2D eigenvalue weighted by molar-refractivity contribution is 6.28. The van der Waals surface area contributed by atoms with E-state index in [4.69, 9.17) is 22.1 Å². The lowest BCUT2D eigenvalue weighted by atomic mass is 9.98. The van der Waals surface area contributed by atoms with Gasteiger partial charge in [-0.3, -0.25) is 0 Å². The maximum Gasteiger partial charge on any atom is 0.152 e. The predicted octanol–water partition coefficient (Wildman–Crippen LogP) is 3.76. The molecule has 0 saturated heterocycles. The lowest BCUT2D eigenvalue weighted by molar-refractivity contribution is 0.155. The summed E-state index contributed by atoms with van der Waals surface area (Å²) >= 11 is 5.58. The minimum absolute atomic E-state index is 0.0667. The van der Waals surface area contributed by atoms with Crippen LogP contribution in [0.15, 0.2) is 23.2 Å². The van der Waals surface area contributed by atoms with Gasteiger partial charge in [-0.25, -0.2) is 9.38 Å². The van der Waals surface area contributed by atoms with Gasteiger partial charge in [0, 0.05) is 0 Å². The molecule has 0 aliphatic heterocycles. The molecule has 3 nitrogen and oxygen atoms in total. The van der Waals surface area contributed by atoms with Crippen molar-refractivity contribution in [1.29, 1.82) is 0 Å². The van der Waals surface area contributed by atoms with Crippen molar-refractivity contribution in [2.24, 2.45) is 10.7 Å². The van der Waals surface area contributed by atoms with E-state index in [-0.39, 0.29) is 23.5 Å². The average Bonchev–Trinajstić information content (AvgIpc) is 2.43. The van der Waals surface area contributed by atoms with Crippen LogP contribution in [-0.4, -0.2) is 17.8 Å². The molecule has 104 valence electrons. The molecular formula is C14H18ClFN2O. The van der Waals surface area contributed by atoms with Crippen molar-refractivity contribution >= 4 is 23.1 Å². The van der Waals surface area contributed by atoms with Gasteiger partial charge in [0.05, 0.1) is 12.0 Å². The number of nitrogens with two attached hydrogens (primary N) is 1. The Morgan fingerprint density at radius 2 is 2.11 bits per heavy atom. The predicted molar refractivity (Wildman–Crippen MR) is 75.9 cm³/mol. The number of benzene rings is 1. The molecule has 19 heavy (non-hydrogen) atoms. The van der Waals surface area contributed by atoms with E-state index in [1.807, 2.05) is 0 Å². The van der Waals surface area contributed by atoms with Crippen LogP contribution in [0.3, 0.4) is 0 Å². The molecule has 1 fully saturated rings. The van der Waals surface area contributed by atoms with Gasteiger partial charge in [-0.05, 0) is 37.8 Å². The maximum atomic E-state index is 13.8. The zero-order chi connectivity index (χ0) is 13.7. The molecule has 0 heterocycles. The number of ether oxygens (including phenoxy) is 1. The summed E-state index contributed by atoms with van der Waals surface area (Å²) in [6.07, 6.45) is 5.70. The number of para-hydroxylation sites is 1. The number of hydrogen-bond acceptors (Lipinski definition) is 2. The Labute approximate surface area is 117 Å². The van der Waals surface area contributed by atoms with Crippen LogP contribution in [0.1, 0.15) is 32.1 Å². The first-order valence-electron chi connectivity index (χ1n) is 6.55. The number of nitrogens with zero attached hydrogens (tertiary/aromatic N) is 1. The molecule has 0 unspecified atom stereocenters. The highest BCUT2D eigenvalue weighted by Gasteiger charge is 2.18. The van der Waals surface area contributed by atoms with Gasteiger partial charge in [0.15, 0.2) is 5.82 Å². The fraction of sp³-hybridized carbons (Fsp3) is 0.500. The Kier molecular flexibility index (Phi) is 5.02. The zero-order valence-electron chi connectivity index (χ0n) is 10.7. The van der Waals surface area contributed by atoms with Gasteiger partial charge in [0.2, 0.25) is 0 Å². The summed E-state index contributed by atoms with van der Waals surface area (Å²) in [5.41, 5.74) is 5.72. The topological polar surface area (TPSA) is 47.6 Å². The Bertz CT molecular complexity index is 459. The van der Waals surface area contributed by atoms with Gasteiger partial charge in [-0.15, -0.1) is 11.6 Å². The summed E-state index contributed by atoms with van der Waals surface area (Å²) in [6, 6.07) is 4.68. The number of alkyl halides is 1. The Hall–Kier alpha value is -1.29. The van der Waals surface area contributed by atoms with E-state index in [1.54, 1.807) is 12.1 Å². The second-order valence-electron chi connectivity index (χ2n) is 4.70. The third-order valence-electron chi connectivity index (χ3n) is 3.19. The fourth-order valence-corrected chi connectivity index (χ4v) is 2.29. The average molecular weight is 285 g/mol. The van der Waals surface area contributed by atoms with Crippen molar-refractivity contribution in [3.05, 3.63) is 24.0 Å². The van der Waals surface area contributed by atoms with E-state index in [0.717, 1.165) is 25.7 Å². The van der Waals surface area contributed by atoms with Crippen molar-refractivity contribution in [3.8, 4) is 5.75 Å². The quantitative estimate of drug-likeness (QED) is 0.520. The van der Waals surface area contributed by atoms with Crippen molar-refractivity contribution < 1.29 is 9.13 Å². The molecule has 1 aliphatic rings. The summed E-state index contributed by atoms with van der Waals surface area (Å²) in [7, 11) is 0. The van der Waals surface area contributed by atoms with Crippen LogP contribution in [0.2, 0.25) is 0 Å². The van der Waals surface area contributed by atoms with Crippen LogP contribution in [0.4, 0.5) is 10.1 Å². The van der Waals surface area contributed by atoms with Crippen molar-refractivity contribution in [2.45, 2.75) is 38.2 Å². The summed E-state index contributed by atoms with van der Waals surface area (Å²) in [6.45, 7) is 0. The van der Waals surface area contributed by atoms with E-state index in [2.05, 4.69) is 4.99 Å². The van der Waals surface area contributed by atoms with Gasteiger partial charge in [0.25, 0.3) is 0 Å². The number of aliphatic imine (C=N–C) groups is 1. The third-order valence-corrected chi connectivity index (χ3v) is 3.46. The monoisotopic (exact) mass is 284 g/mol. The van der Waals surface area contributed by atoms with Crippen LogP contribution < -0.4 is 10.5 Å². The van der Waals surface area contributed by atoms with Crippen LogP contribution in [-0.2, 0) is 0 Å². The lowest BCUT2D eigenvalue weighted by Gasteiger charge is -2.23. The van der Waals surface area contributed by atoms with E-state index >= 15 is 0 Å². The first kappa shape index (κ1) is 14.1. The fourth-order valence-electron chi connectivity index (χ4n) is 2.24. The second-order valence-corrected chi connectivity index (χ2v) is 4.97. The minimum Gasteiger partial charge on any atom is -0.488 e. The highest BCUT2D eigenvalue weighted by Crippen LogP contribution is 2.33. The summed E-state index contributed by atoms with van der Waals surface area (Å²) in [4.78, 5) is 4.00. The largest absolute Gasteiger partial charge is 0.488 e. The molecule has 1 aromatic rings. The van der Waals surface area contributed by atoms with Crippen LogP contribution >= 0.6 is 11.6 Å². The molecule has 0 atom stereocenters. The van der Waals surface area contributed by atoms with Crippen LogP contribution in [0.25, 0.3) is 0 Å². The van der Waals surface area contributed by atoms with Gasteiger partial charge in [-0.1, -0.05) is 12.5 Å². The van der Waals surface area contributed by atoms with Crippen molar-refractivity contribution in [2.75, 3.05) is 5.88 Å². The number of rotatable bonds is 4. The van der Waals surface area contributed by atoms with Gasteiger partial charge in [-0.2, -0.15) is 0 Å². The maximum absolute atomic E-state index is 13.8. The first-order chi connectivity index (χ1) is 9.20. The minimum atomic E-state index is -0.443. The molecule has 2 N–H and O–H groups in total. The first-order valence-corrected chi connectivity index (χ1v) is 7.08. The molecule has 0 amide bonds. The molecule has 0 spiro atoms. The molecule has 0 radical (unpaired) electrons. The van der Waals surface area contributed by atoms with Crippen LogP contribution in [0.5, 0.6) is 5.75 Å². The number of halogens is 2. The van der Waals surface area contributed by atoms with Crippen molar-refractivity contribution in [1.82, 2.24) is 0 Å². The zero-order valence-corrected chi connectivity index (χ0v) is 11.5. The van der Waals surface area contributed by atoms with Gasteiger partial charge in [0.1, 0.15) is 17.3 Å². The number of amidine groups is 1. The molecule has 1 saturated carbocycles. The summed E-state index contributed by atoms with van der Waals surface area (Å²) in [5.74, 6) is 0.249. The molecule has 0 aromatic heterocycles. The Morgan fingerprint density at radius 3 is 2.79 bits per heavy atom. The number of hydrogen-bond donors (Lipinski definition) is 1. The summed E-state index contributed by atoms with van der Waals surface area (Å²) in [5, 5.41) is 0. The van der Waals surface area contributed by atoms with E-state index in [1.165, 1.54) is 12.5 Å². The third kappa shape index (κ3) is 3.83. The van der Waals surface area contributed by atoms with E-state index < -0.39 is 5.82 Å². The van der Waals surface area contributed by atoms with Crippen molar-refractivity contribution in [3.63, 3.8) is 0 Å². The molecule has 2 rings (SSSR count). The lowest BCUT2D eigenvalue weighted by Crippen LogP contribution is -2.20. The van der Waals surface area contributed by atoms with Gasteiger partial charge >= 0.3 is 0 Å². The smallest absolute Gasteiger partial charge is 0.152 e. The Morgan fingerprint density at radius 1 is 1.37 bits per heavy atom. The summed E-state index contributed by atoms with van der Waals surface area (Å²) < 4.78 is 19.7.